The Kier molecular flexibility index (Phi) is 7.51. The Bertz CT molecular complexity index is 307. The lowest BCUT2D eigenvalue weighted by Crippen LogP contribution is -2.23. The molecule has 0 aliphatic rings. The molecule has 0 saturated heterocycles. The summed E-state index contributed by atoms with van der Waals surface area (Å²) in [4.78, 5) is 0. The van der Waals surface area contributed by atoms with Crippen LogP contribution in [-0.4, -0.2) is 17.8 Å². The summed E-state index contributed by atoms with van der Waals surface area (Å²) in [6, 6.07) is 8.69. The first-order valence-corrected chi connectivity index (χ1v) is 7.26. The smallest absolute Gasteiger partial charge is 0.0632 e. The van der Waals surface area contributed by atoms with Crippen molar-refractivity contribution in [3.8, 4) is 0 Å². The fourth-order valence-corrected chi connectivity index (χ4v) is 2.10. The van der Waals surface area contributed by atoms with E-state index in [9.17, 15) is 5.11 Å². The van der Waals surface area contributed by atoms with Crippen molar-refractivity contribution in [2.24, 2.45) is 0 Å². The number of aryl methyl sites for hydroxylation is 1. The number of benzene rings is 1. The zero-order chi connectivity index (χ0) is 13.2. The topological polar surface area (TPSA) is 32.3 Å². The van der Waals surface area contributed by atoms with Gasteiger partial charge in [0.2, 0.25) is 0 Å². The molecule has 1 aromatic rings. The van der Waals surface area contributed by atoms with Crippen molar-refractivity contribution < 1.29 is 5.11 Å². The summed E-state index contributed by atoms with van der Waals surface area (Å²) in [7, 11) is 0. The number of anilines is 1. The summed E-state index contributed by atoms with van der Waals surface area (Å²) in [5.41, 5.74) is 2.46. The maximum atomic E-state index is 9.38. The van der Waals surface area contributed by atoms with Gasteiger partial charge in [0, 0.05) is 11.7 Å². The lowest BCUT2D eigenvalue weighted by molar-refractivity contribution is 0.266. The molecule has 1 atom stereocenters. The largest absolute Gasteiger partial charge is 0.394 e. The van der Waals surface area contributed by atoms with E-state index in [1.807, 2.05) is 0 Å². The second-order valence-corrected chi connectivity index (χ2v) is 4.92. The Morgan fingerprint density at radius 1 is 1.06 bits per heavy atom. The van der Waals surface area contributed by atoms with Crippen LogP contribution >= 0.6 is 0 Å². The second kappa shape index (κ2) is 8.98. The minimum atomic E-state index is 0.189. The highest BCUT2D eigenvalue weighted by molar-refractivity contribution is 5.45. The van der Waals surface area contributed by atoms with Crippen molar-refractivity contribution in [1.29, 1.82) is 0 Å². The van der Waals surface area contributed by atoms with E-state index in [-0.39, 0.29) is 12.6 Å². The van der Waals surface area contributed by atoms with Crippen LogP contribution in [0.3, 0.4) is 0 Å². The molecule has 2 heteroatoms. The molecule has 0 heterocycles. The zero-order valence-electron chi connectivity index (χ0n) is 11.8. The first-order valence-electron chi connectivity index (χ1n) is 7.26. The predicted molar refractivity (Wildman–Crippen MR) is 79.1 cm³/mol. The highest BCUT2D eigenvalue weighted by Gasteiger charge is 2.06. The van der Waals surface area contributed by atoms with Gasteiger partial charge in [-0.3, -0.25) is 0 Å². The molecule has 0 bridgehead atoms. The lowest BCUT2D eigenvalue weighted by atomic mass is 10.1. The summed E-state index contributed by atoms with van der Waals surface area (Å²) in [6.07, 6.45) is 7.13. The predicted octanol–water partition coefficient (Wildman–Crippen LogP) is 3.99. The van der Waals surface area contributed by atoms with Crippen LogP contribution < -0.4 is 5.32 Å². The van der Waals surface area contributed by atoms with Gasteiger partial charge in [-0.2, -0.15) is 0 Å². The van der Waals surface area contributed by atoms with Crippen LogP contribution in [0.5, 0.6) is 0 Å². The molecule has 1 aromatic carbocycles. The van der Waals surface area contributed by atoms with Crippen molar-refractivity contribution in [3.05, 3.63) is 29.8 Å². The summed E-state index contributed by atoms with van der Waals surface area (Å²) in [5, 5.41) is 12.8. The average molecular weight is 249 g/mol. The molecule has 0 aliphatic heterocycles. The fourth-order valence-electron chi connectivity index (χ4n) is 2.10. The molecular formula is C16H27NO. The van der Waals surface area contributed by atoms with Gasteiger partial charge in [0.15, 0.2) is 0 Å². The number of rotatable bonds is 9. The standard InChI is InChI=1S/C16H27NO/c1-3-5-6-7-8-16(13-18)17-15-11-9-14(4-2)10-12-15/h9-12,16-18H,3-8,13H2,1-2H3. The second-order valence-electron chi connectivity index (χ2n) is 4.92. The van der Waals surface area contributed by atoms with E-state index in [0.29, 0.717) is 0 Å². The zero-order valence-corrected chi connectivity index (χ0v) is 11.8. The van der Waals surface area contributed by atoms with Gasteiger partial charge in [-0.05, 0) is 30.5 Å². The Hall–Kier alpha value is -1.02. The summed E-state index contributed by atoms with van der Waals surface area (Å²) < 4.78 is 0. The first-order chi connectivity index (χ1) is 8.80. The van der Waals surface area contributed by atoms with Crippen molar-refractivity contribution in [3.63, 3.8) is 0 Å². The molecule has 18 heavy (non-hydrogen) atoms. The molecule has 0 aliphatic carbocycles. The number of hydrogen-bond acceptors (Lipinski definition) is 2. The van der Waals surface area contributed by atoms with Gasteiger partial charge in [0.1, 0.15) is 0 Å². The summed E-state index contributed by atoms with van der Waals surface area (Å²) in [6.45, 7) is 4.59. The third-order valence-corrected chi connectivity index (χ3v) is 3.36. The molecule has 0 radical (unpaired) electrons. The molecule has 2 N–H and O–H groups in total. The van der Waals surface area contributed by atoms with Crippen molar-refractivity contribution >= 4 is 5.69 Å². The highest BCUT2D eigenvalue weighted by Crippen LogP contribution is 2.14. The normalized spacial score (nSPS) is 12.4. The molecule has 0 amide bonds. The Labute approximate surface area is 111 Å². The van der Waals surface area contributed by atoms with Gasteiger partial charge in [-0.25, -0.2) is 0 Å². The molecule has 0 spiro atoms. The molecule has 1 rings (SSSR count). The van der Waals surface area contributed by atoms with Gasteiger partial charge in [-0.15, -0.1) is 0 Å². The number of unbranched alkanes of at least 4 members (excludes halogenated alkanes) is 3. The lowest BCUT2D eigenvalue weighted by Gasteiger charge is -2.17. The van der Waals surface area contributed by atoms with Crippen LogP contribution in [0.4, 0.5) is 5.69 Å². The molecule has 0 aromatic heterocycles. The van der Waals surface area contributed by atoms with Crippen LogP contribution in [0.2, 0.25) is 0 Å². The Balaban J connectivity index is 2.36. The maximum Gasteiger partial charge on any atom is 0.0632 e. The van der Waals surface area contributed by atoms with Crippen LogP contribution in [0, 0.1) is 0 Å². The number of nitrogens with one attached hydrogen (secondary N) is 1. The molecular weight excluding hydrogens is 222 g/mol. The SMILES string of the molecule is CCCCCCC(CO)Nc1ccc(CC)cc1. The molecule has 0 saturated carbocycles. The number of aliphatic hydroxyl groups is 1. The van der Waals surface area contributed by atoms with E-state index in [1.165, 1.54) is 31.2 Å². The van der Waals surface area contributed by atoms with E-state index in [0.717, 1.165) is 18.5 Å². The molecule has 102 valence electrons. The van der Waals surface area contributed by atoms with Crippen LogP contribution in [0.1, 0.15) is 51.5 Å². The molecule has 1 unspecified atom stereocenters. The van der Waals surface area contributed by atoms with Gasteiger partial charge >= 0.3 is 0 Å². The van der Waals surface area contributed by atoms with Crippen LogP contribution in [-0.2, 0) is 6.42 Å². The number of aliphatic hydroxyl groups excluding tert-OH is 1. The van der Waals surface area contributed by atoms with Crippen molar-refractivity contribution in [2.45, 2.75) is 58.4 Å². The van der Waals surface area contributed by atoms with Crippen molar-refractivity contribution in [2.75, 3.05) is 11.9 Å². The Morgan fingerprint density at radius 3 is 2.33 bits per heavy atom. The van der Waals surface area contributed by atoms with Gasteiger partial charge in [0.25, 0.3) is 0 Å². The third-order valence-electron chi connectivity index (χ3n) is 3.36. The van der Waals surface area contributed by atoms with E-state index in [4.69, 9.17) is 0 Å². The van der Waals surface area contributed by atoms with Crippen molar-refractivity contribution in [1.82, 2.24) is 0 Å². The first kappa shape index (κ1) is 15.0. The minimum absolute atomic E-state index is 0.189. The quantitative estimate of drug-likeness (QED) is 0.649. The Morgan fingerprint density at radius 2 is 1.78 bits per heavy atom. The fraction of sp³-hybridized carbons (Fsp3) is 0.625. The summed E-state index contributed by atoms with van der Waals surface area (Å²) >= 11 is 0. The highest BCUT2D eigenvalue weighted by atomic mass is 16.3. The van der Waals surface area contributed by atoms with Gasteiger partial charge < -0.3 is 10.4 Å². The van der Waals surface area contributed by atoms with E-state index < -0.39 is 0 Å². The molecule has 0 fully saturated rings. The van der Waals surface area contributed by atoms with E-state index in [1.54, 1.807) is 0 Å². The van der Waals surface area contributed by atoms with Gasteiger partial charge in [0.05, 0.1) is 6.61 Å². The average Bonchev–Trinajstić information content (AvgIpc) is 2.43. The molecule has 2 nitrogen and oxygen atoms in total. The van der Waals surface area contributed by atoms with E-state index in [2.05, 4.69) is 43.4 Å². The minimum Gasteiger partial charge on any atom is -0.394 e. The van der Waals surface area contributed by atoms with E-state index >= 15 is 0 Å². The van der Waals surface area contributed by atoms with Crippen LogP contribution in [0.15, 0.2) is 24.3 Å². The van der Waals surface area contributed by atoms with Gasteiger partial charge in [-0.1, -0.05) is 51.7 Å². The third kappa shape index (κ3) is 5.54. The summed E-state index contributed by atoms with van der Waals surface area (Å²) in [5.74, 6) is 0. The number of hydrogen-bond donors (Lipinski definition) is 2. The van der Waals surface area contributed by atoms with Crippen LogP contribution in [0.25, 0.3) is 0 Å². The maximum absolute atomic E-state index is 9.38. The monoisotopic (exact) mass is 249 g/mol.